The molecule has 3 aliphatic carbocycles. The molecule has 0 bridgehead atoms. The third-order valence-corrected chi connectivity index (χ3v) is 11.4. The predicted molar refractivity (Wildman–Crippen MR) is 181 cm³/mol. The average molecular weight is 680 g/mol. The van der Waals surface area contributed by atoms with Crippen LogP contribution in [0.15, 0.2) is 18.6 Å². The van der Waals surface area contributed by atoms with Gasteiger partial charge in [-0.15, -0.1) is 0 Å². The summed E-state index contributed by atoms with van der Waals surface area (Å²) in [6.45, 7) is 7.02. The van der Waals surface area contributed by atoms with Crippen molar-refractivity contribution in [3.63, 3.8) is 0 Å². The molecule has 268 valence electrons. The first kappa shape index (κ1) is 36.9. The zero-order valence-corrected chi connectivity index (χ0v) is 29.4. The van der Waals surface area contributed by atoms with E-state index >= 15 is 9.59 Å². The summed E-state index contributed by atoms with van der Waals surface area (Å²) in [5.41, 5.74) is 8.07. The highest BCUT2D eigenvalue weighted by Gasteiger charge is 2.77. The molecule has 4 fully saturated rings. The van der Waals surface area contributed by atoms with Crippen LogP contribution in [0.4, 0.5) is 0 Å². The molecule has 13 heteroatoms. The van der Waals surface area contributed by atoms with E-state index < -0.39 is 76.0 Å². The van der Waals surface area contributed by atoms with Gasteiger partial charge in [-0.1, -0.05) is 59.8 Å². The second kappa shape index (κ2) is 14.4. The Balaban J connectivity index is 1.81. The minimum Gasteiger partial charge on any atom is -0.347 e. The Morgan fingerprint density at radius 1 is 1.02 bits per heavy atom. The third-order valence-electron chi connectivity index (χ3n) is 11.4. The number of imide groups is 1. The fourth-order valence-corrected chi connectivity index (χ4v) is 8.77. The summed E-state index contributed by atoms with van der Waals surface area (Å²) in [6.07, 6.45) is 11.0. The summed E-state index contributed by atoms with van der Waals surface area (Å²) < 4.78 is 0. The molecule has 0 radical (unpaired) electrons. The molecule has 1 aromatic heterocycles. The number of fused-ring (bicyclic) bond motifs is 1. The van der Waals surface area contributed by atoms with Crippen LogP contribution in [0.5, 0.6) is 0 Å². The molecule has 3 amide bonds. The predicted octanol–water partition coefficient (Wildman–Crippen LogP) is 2.11. The maximum atomic E-state index is 16.1. The summed E-state index contributed by atoms with van der Waals surface area (Å²) in [4.78, 5) is 99.3. The van der Waals surface area contributed by atoms with Gasteiger partial charge in [0, 0.05) is 31.0 Å². The van der Waals surface area contributed by atoms with Crippen molar-refractivity contribution in [3.05, 3.63) is 24.3 Å². The van der Waals surface area contributed by atoms with Crippen molar-refractivity contribution in [1.82, 2.24) is 25.1 Å². The number of nitrogens with one attached hydrogen (secondary N) is 1. The fraction of sp³-hybridized carbons (Fsp3) is 0.722. The smallest absolute Gasteiger partial charge is 0.289 e. The molecule has 5 rings (SSSR count). The molecule has 1 saturated heterocycles. The van der Waals surface area contributed by atoms with Gasteiger partial charge in [-0.3, -0.25) is 43.6 Å². The number of rotatable bonds is 13. The highest BCUT2D eigenvalue weighted by atomic mass is 16.2. The first-order valence-electron chi connectivity index (χ1n) is 18.1. The molecule has 3 saturated carbocycles. The van der Waals surface area contributed by atoms with Crippen LogP contribution in [0.25, 0.3) is 0 Å². The summed E-state index contributed by atoms with van der Waals surface area (Å²) in [7, 11) is 0. The van der Waals surface area contributed by atoms with Crippen LogP contribution < -0.4 is 16.8 Å². The third kappa shape index (κ3) is 6.38. The summed E-state index contributed by atoms with van der Waals surface area (Å²) >= 11 is 0. The molecule has 0 spiro atoms. The minimum atomic E-state index is -2.25. The Bertz CT molecular complexity index is 1450. The van der Waals surface area contributed by atoms with E-state index in [2.05, 4.69) is 15.3 Å². The Kier molecular flexibility index (Phi) is 10.9. The maximum Gasteiger partial charge on any atom is 0.289 e. The zero-order valence-electron chi connectivity index (χ0n) is 29.4. The normalized spacial score (nSPS) is 27.2. The second-order valence-corrected chi connectivity index (χ2v) is 15.5. The number of nitrogens with two attached hydrogens (primary N) is 2. The van der Waals surface area contributed by atoms with Crippen molar-refractivity contribution in [2.45, 2.75) is 134 Å². The average Bonchev–Trinajstić information content (AvgIpc) is 3.73. The zero-order chi connectivity index (χ0) is 35.7. The number of likely N-dealkylation sites (tertiary alicyclic amines) is 1. The maximum absolute atomic E-state index is 16.1. The molecule has 1 aromatic rings. The van der Waals surface area contributed by atoms with Gasteiger partial charge in [-0.2, -0.15) is 0 Å². The van der Waals surface area contributed by atoms with Crippen molar-refractivity contribution in [3.8, 4) is 0 Å². The van der Waals surface area contributed by atoms with E-state index in [0.717, 1.165) is 37.0 Å². The molecule has 4 aliphatic rings. The lowest BCUT2D eigenvalue weighted by molar-refractivity contribution is -0.168. The topological polar surface area (TPSA) is 199 Å². The standard InChI is InChI=1S/C36H53N7O6/c1-5-10-26(28(45)31(47)41-23-14-15-23)43(32(48)25-20-39-17-18-40-25)33(49)36(30(46)29(38)34(2,3)4)35(27(44)19-37)16-9-11-22(35)21-42(36)24-12-7-6-8-13-24/h17-18,20,22-24,26,29H,5-16,19,21,37-38H2,1-4H3,(H,41,47)/t22-,26-,29+,35+,36-/m0/s1. The van der Waals surface area contributed by atoms with E-state index in [4.69, 9.17) is 11.5 Å². The van der Waals surface area contributed by atoms with Gasteiger partial charge in [0.05, 0.1) is 24.2 Å². The van der Waals surface area contributed by atoms with Gasteiger partial charge >= 0.3 is 0 Å². The molecule has 13 nitrogen and oxygen atoms in total. The number of carbonyl (C=O) groups is 6. The number of aromatic nitrogens is 2. The van der Waals surface area contributed by atoms with E-state index in [1.807, 2.05) is 4.90 Å². The van der Waals surface area contributed by atoms with Gasteiger partial charge in [0.1, 0.15) is 11.7 Å². The summed E-state index contributed by atoms with van der Waals surface area (Å²) in [5.74, 6) is -5.35. The SMILES string of the molecule is CCC[C@@H](C(=O)C(=O)NC1CC1)N(C(=O)c1cnccn1)C(=O)[C@]1(C(=O)[C@@H](N)C(C)(C)C)N(C2CCCCC2)C[C@@H]2CCC[C@]21C(=O)CN. The lowest BCUT2D eigenvalue weighted by Crippen LogP contribution is -2.77. The number of nitrogens with zero attached hydrogens (tertiary/aromatic N) is 4. The minimum absolute atomic E-state index is 0.0467. The quantitative estimate of drug-likeness (QED) is 0.157. The Hall–Kier alpha value is -3.42. The van der Waals surface area contributed by atoms with Crippen molar-refractivity contribution in [1.29, 1.82) is 0 Å². The van der Waals surface area contributed by atoms with Crippen LogP contribution in [0.2, 0.25) is 0 Å². The largest absolute Gasteiger partial charge is 0.347 e. The molecule has 5 atom stereocenters. The van der Waals surface area contributed by atoms with E-state index in [9.17, 15) is 19.2 Å². The number of amides is 3. The second-order valence-electron chi connectivity index (χ2n) is 15.5. The van der Waals surface area contributed by atoms with Crippen LogP contribution in [-0.2, 0) is 24.0 Å². The number of hydrogen-bond donors (Lipinski definition) is 3. The Morgan fingerprint density at radius 3 is 2.29 bits per heavy atom. The summed E-state index contributed by atoms with van der Waals surface area (Å²) in [5, 5.41) is 2.70. The fourth-order valence-electron chi connectivity index (χ4n) is 8.77. The number of Topliss-reactive ketones (excluding diaryl/α,β-unsaturated/α-hetero) is 3. The summed E-state index contributed by atoms with van der Waals surface area (Å²) in [6, 6.07) is -3.21. The molecular weight excluding hydrogens is 626 g/mol. The highest BCUT2D eigenvalue weighted by Crippen LogP contribution is 2.61. The van der Waals surface area contributed by atoms with Crippen molar-refractivity contribution in [2.75, 3.05) is 13.1 Å². The molecule has 0 unspecified atom stereocenters. The lowest BCUT2D eigenvalue weighted by Gasteiger charge is -2.52. The van der Waals surface area contributed by atoms with Crippen LogP contribution in [-0.4, -0.2) is 97.6 Å². The van der Waals surface area contributed by atoms with Crippen LogP contribution in [0.1, 0.15) is 115 Å². The monoisotopic (exact) mass is 679 g/mol. The van der Waals surface area contributed by atoms with Gasteiger partial charge in [-0.25, -0.2) is 4.98 Å². The Labute approximate surface area is 288 Å². The number of hydrogen-bond acceptors (Lipinski definition) is 11. The van der Waals surface area contributed by atoms with Gasteiger partial charge < -0.3 is 16.8 Å². The number of ketones is 3. The van der Waals surface area contributed by atoms with Gasteiger partial charge in [0.2, 0.25) is 5.78 Å². The first-order valence-corrected chi connectivity index (χ1v) is 18.1. The molecule has 0 aromatic carbocycles. The lowest BCUT2D eigenvalue weighted by atomic mass is 9.58. The first-order chi connectivity index (χ1) is 23.3. The van der Waals surface area contributed by atoms with Gasteiger partial charge in [-0.05, 0) is 56.3 Å². The molecular formula is C36H53N7O6. The van der Waals surface area contributed by atoms with E-state index in [0.29, 0.717) is 32.1 Å². The van der Waals surface area contributed by atoms with Crippen LogP contribution in [0.3, 0.4) is 0 Å². The van der Waals surface area contributed by atoms with Crippen LogP contribution >= 0.6 is 0 Å². The Morgan fingerprint density at radius 2 is 1.71 bits per heavy atom. The van der Waals surface area contributed by atoms with Gasteiger partial charge in [0.25, 0.3) is 17.7 Å². The highest BCUT2D eigenvalue weighted by molar-refractivity contribution is 6.39. The molecule has 1 aliphatic heterocycles. The number of carbonyl (C=O) groups excluding carboxylic acids is 6. The van der Waals surface area contributed by atoms with Crippen molar-refractivity contribution >= 4 is 35.1 Å². The van der Waals surface area contributed by atoms with E-state index in [-0.39, 0.29) is 37.2 Å². The van der Waals surface area contributed by atoms with Crippen molar-refractivity contribution in [2.24, 2.45) is 28.2 Å². The molecule has 49 heavy (non-hydrogen) atoms. The van der Waals surface area contributed by atoms with Crippen LogP contribution in [0, 0.1) is 16.7 Å². The van der Waals surface area contributed by atoms with E-state index in [1.54, 1.807) is 27.7 Å². The molecule has 2 heterocycles. The van der Waals surface area contributed by atoms with Crippen molar-refractivity contribution < 1.29 is 28.8 Å². The molecule has 5 N–H and O–H groups in total. The van der Waals surface area contributed by atoms with E-state index in [1.165, 1.54) is 18.6 Å². The van der Waals surface area contributed by atoms with Gasteiger partial charge in [0.15, 0.2) is 17.1 Å².